The lowest BCUT2D eigenvalue weighted by Crippen LogP contribution is -2.40. The van der Waals surface area contributed by atoms with Crippen LogP contribution in [0.5, 0.6) is 5.88 Å². The van der Waals surface area contributed by atoms with Crippen LogP contribution in [0, 0.1) is 5.92 Å². The van der Waals surface area contributed by atoms with Crippen molar-refractivity contribution in [3.05, 3.63) is 23.9 Å². The Labute approximate surface area is 142 Å². The van der Waals surface area contributed by atoms with Gasteiger partial charge in [0.25, 0.3) is 0 Å². The summed E-state index contributed by atoms with van der Waals surface area (Å²) in [6.07, 6.45) is 7.07. The number of aromatic nitrogens is 1. The van der Waals surface area contributed by atoms with Gasteiger partial charge in [0.15, 0.2) is 0 Å². The number of ether oxygens (including phenoxy) is 1. The molecule has 6 nitrogen and oxygen atoms in total. The van der Waals surface area contributed by atoms with Crippen LogP contribution in [0.25, 0.3) is 0 Å². The van der Waals surface area contributed by atoms with Gasteiger partial charge in [-0.2, -0.15) is 0 Å². The van der Waals surface area contributed by atoms with E-state index in [0.29, 0.717) is 25.4 Å². The summed E-state index contributed by atoms with van der Waals surface area (Å²) in [4.78, 5) is 28.0. The van der Waals surface area contributed by atoms with Crippen molar-refractivity contribution in [1.82, 2.24) is 15.6 Å². The molecular weight excluding hydrogens is 306 g/mol. The summed E-state index contributed by atoms with van der Waals surface area (Å²) in [5.41, 5.74) is 0.888. The normalized spacial score (nSPS) is 24.0. The van der Waals surface area contributed by atoms with Gasteiger partial charge < -0.3 is 15.4 Å². The third-order valence-electron chi connectivity index (χ3n) is 4.91. The van der Waals surface area contributed by atoms with Crippen LogP contribution in [-0.4, -0.2) is 35.4 Å². The molecule has 2 N–H and O–H groups in total. The highest BCUT2D eigenvalue weighted by atomic mass is 16.5. The molecule has 6 heteroatoms. The first-order chi connectivity index (χ1) is 11.6. The van der Waals surface area contributed by atoms with Gasteiger partial charge in [-0.3, -0.25) is 9.59 Å². The molecule has 2 atom stereocenters. The number of carbonyl (C=O) groups excluding carboxylic acids is 2. The Morgan fingerprint density at radius 3 is 2.88 bits per heavy atom. The number of pyridine rings is 1. The molecule has 2 fully saturated rings. The van der Waals surface area contributed by atoms with Crippen molar-refractivity contribution in [3.8, 4) is 5.88 Å². The Kier molecular flexibility index (Phi) is 5.45. The minimum absolute atomic E-state index is 0.0552. The van der Waals surface area contributed by atoms with E-state index < -0.39 is 0 Å². The molecule has 1 aliphatic heterocycles. The highest BCUT2D eigenvalue weighted by molar-refractivity contribution is 5.85. The van der Waals surface area contributed by atoms with E-state index in [0.717, 1.165) is 18.4 Å². The minimum atomic E-state index is -0.297. The molecule has 0 radical (unpaired) electrons. The maximum Gasteiger partial charge on any atom is 0.237 e. The lowest BCUT2D eigenvalue weighted by atomic mass is 10.0. The maximum atomic E-state index is 12.3. The largest absolute Gasteiger partial charge is 0.474 e. The van der Waals surface area contributed by atoms with Crippen LogP contribution in [0.15, 0.2) is 18.3 Å². The molecule has 1 aromatic heterocycles. The van der Waals surface area contributed by atoms with Gasteiger partial charge in [-0.25, -0.2) is 4.98 Å². The van der Waals surface area contributed by atoms with Gasteiger partial charge in [-0.05, 0) is 45.1 Å². The maximum absolute atomic E-state index is 12.3. The molecule has 1 saturated carbocycles. The Bertz CT molecular complexity index is 599. The standard InChI is InChI=1S/C18H25N3O3/c1-12(22)14-9-16(20-11-14)17(23)21-10-13-5-4-8-19-18(13)24-15-6-2-3-7-15/h4-5,8,14-16,20H,2-3,6-7,9-11H2,1H3,(H,21,23). The molecule has 1 saturated heterocycles. The number of nitrogens with one attached hydrogen (secondary N) is 2. The number of ketones is 1. The van der Waals surface area contributed by atoms with Crippen molar-refractivity contribution >= 4 is 11.7 Å². The molecule has 2 aliphatic rings. The van der Waals surface area contributed by atoms with Gasteiger partial charge in [0, 0.05) is 30.8 Å². The van der Waals surface area contributed by atoms with Gasteiger partial charge in [0.05, 0.1) is 6.04 Å². The van der Waals surface area contributed by atoms with Crippen molar-refractivity contribution < 1.29 is 14.3 Å². The quantitative estimate of drug-likeness (QED) is 0.827. The van der Waals surface area contributed by atoms with Crippen LogP contribution in [0.2, 0.25) is 0 Å². The van der Waals surface area contributed by atoms with E-state index >= 15 is 0 Å². The summed E-state index contributed by atoms with van der Waals surface area (Å²) in [5, 5.41) is 6.05. The first-order valence-corrected chi connectivity index (χ1v) is 8.75. The molecule has 1 amide bonds. The fraction of sp³-hybridized carbons (Fsp3) is 0.611. The second-order valence-electron chi connectivity index (χ2n) is 6.71. The van der Waals surface area contributed by atoms with Crippen molar-refractivity contribution in [2.45, 2.75) is 57.7 Å². The molecule has 24 heavy (non-hydrogen) atoms. The first-order valence-electron chi connectivity index (χ1n) is 8.75. The summed E-state index contributed by atoms with van der Waals surface area (Å²) in [7, 11) is 0. The van der Waals surface area contributed by atoms with Crippen LogP contribution in [0.3, 0.4) is 0 Å². The number of carbonyl (C=O) groups is 2. The average Bonchev–Trinajstić information content (AvgIpc) is 3.25. The SMILES string of the molecule is CC(=O)C1CNC(C(=O)NCc2cccnc2OC2CCCC2)C1. The fourth-order valence-corrected chi connectivity index (χ4v) is 3.38. The first kappa shape index (κ1) is 16.9. The lowest BCUT2D eigenvalue weighted by molar-refractivity contribution is -0.123. The van der Waals surface area contributed by atoms with Crippen LogP contribution >= 0.6 is 0 Å². The van der Waals surface area contributed by atoms with Crippen molar-refractivity contribution in [1.29, 1.82) is 0 Å². The van der Waals surface area contributed by atoms with Gasteiger partial charge in [0.2, 0.25) is 11.8 Å². The summed E-state index contributed by atoms with van der Waals surface area (Å²) < 4.78 is 5.99. The number of hydrogen-bond donors (Lipinski definition) is 2. The monoisotopic (exact) mass is 331 g/mol. The van der Waals surface area contributed by atoms with E-state index in [1.54, 1.807) is 13.1 Å². The van der Waals surface area contributed by atoms with E-state index in [1.165, 1.54) is 12.8 Å². The Balaban J connectivity index is 1.54. The highest BCUT2D eigenvalue weighted by Crippen LogP contribution is 2.25. The van der Waals surface area contributed by atoms with E-state index in [9.17, 15) is 9.59 Å². The molecule has 2 unspecified atom stereocenters. The number of amides is 1. The summed E-state index contributed by atoms with van der Waals surface area (Å²) >= 11 is 0. The van der Waals surface area contributed by atoms with Gasteiger partial charge in [0.1, 0.15) is 11.9 Å². The van der Waals surface area contributed by atoms with E-state index in [1.807, 2.05) is 12.1 Å². The van der Waals surface area contributed by atoms with Crippen LogP contribution in [0.1, 0.15) is 44.6 Å². The lowest BCUT2D eigenvalue weighted by Gasteiger charge is -2.16. The van der Waals surface area contributed by atoms with E-state index in [4.69, 9.17) is 4.74 Å². The minimum Gasteiger partial charge on any atom is -0.474 e. The third kappa shape index (κ3) is 4.12. The third-order valence-corrected chi connectivity index (χ3v) is 4.91. The number of Topliss-reactive ketones (excluding diaryl/α,β-unsaturated/α-hetero) is 1. The molecule has 3 rings (SSSR count). The number of rotatable bonds is 6. The molecule has 1 aromatic rings. The van der Waals surface area contributed by atoms with Crippen molar-refractivity contribution in [2.75, 3.05) is 6.54 Å². The second kappa shape index (κ2) is 7.75. The summed E-state index contributed by atoms with van der Waals surface area (Å²) in [5.74, 6) is 0.623. The zero-order valence-corrected chi connectivity index (χ0v) is 14.1. The Morgan fingerprint density at radius 1 is 1.38 bits per heavy atom. The van der Waals surface area contributed by atoms with Crippen LogP contribution in [0.4, 0.5) is 0 Å². The van der Waals surface area contributed by atoms with Crippen molar-refractivity contribution in [3.63, 3.8) is 0 Å². The van der Waals surface area contributed by atoms with Crippen LogP contribution < -0.4 is 15.4 Å². The molecule has 1 aliphatic carbocycles. The Morgan fingerprint density at radius 2 is 2.17 bits per heavy atom. The predicted octanol–water partition coefficient (Wildman–Crippen LogP) is 1.59. The zero-order chi connectivity index (χ0) is 16.9. The Hall–Kier alpha value is -1.95. The van der Waals surface area contributed by atoms with Gasteiger partial charge >= 0.3 is 0 Å². The number of nitrogens with zero attached hydrogens (tertiary/aromatic N) is 1. The van der Waals surface area contributed by atoms with Crippen molar-refractivity contribution in [2.24, 2.45) is 5.92 Å². The molecule has 0 bridgehead atoms. The molecule has 0 spiro atoms. The van der Waals surface area contributed by atoms with E-state index in [-0.39, 0.29) is 29.8 Å². The summed E-state index contributed by atoms with van der Waals surface area (Å²) in [6, 6.07) is 3.48. The molecule has 130 valence electrons. The molecule has 2 heterocycles. The molecular formula is C18H25N3O3. The molecule has 0 aromatic carbocycles. The number of hydrogen-bond acceptors (Lipinski definition) is 5. The smallest absolute Gasteiger partial charge is 0.237 e. The van der Waals surface area contributed by atoms with Crippen LogP contribution in [-0.2, 0) is 16.1 Å². The fourth-order valence-electron chi connectivity index (χ4n) is 3.38. The average molecular weight is 331 g/mol. The topological polar surface area (TPSA) is 80.3 Å². The van der Waals surface area contributed by atoms with E-state index in [2.05, 4.69) is 15.6 Å². The van der Waals surface area contributed by atoms with Gasteiger partial charge in [-0.1, -0.05) is 6.07 Å². The summed E-state index contributed by atoms with van der Waals surface area (Å²) in [6.45, 7) is 2.54. The van der Waals surface area contributed by atoms with Gasteiger partial charge in [-0.15, -0.1) is 0 Å². The zero-order valence-electron chi connectivity index (χ0n) is 14.1. The second-order valence-corrected chi connectivity index (χ2v) is 6.71. The predicted molar refractivity (Wildman–Crippen MR) is 89.5 cm³/mol. The highest BCUT2D eigenvalue weighted by Gasteiger charge is 2.31.